The maximum absolute atomic E-state index is 10.3. The maximum atomic E-state index is 10.3. The van der Waals surface area contributed by atoms with Gasteiger partial charge in [0.1, 0.15) is 0 Å². The van der Waals surface area contributed by atoms with Gasteiger partial charge in [-0.15, -0.1) is 0 Å². The standard InChI is InChI=1S/C7H9GeNOS3/c1-4-11-8(9-7-10,12-5-2)13-6-3/h4-6H,1-3H2. The first kappa shape index (κ1) is 13.2. The predicted molar refractivity (Wildman–Crippen MR) is 67.2 cm³/mol. The van der Waals surface area contributed by atoms with Crippen LogP contribution in [0.5, 0.6) is 0 Å². The van der Waals surface area contributed by atoms with Crippen molar-refractivity contribution in [2.75, 3.05) is 0 Å². The number of isocyanates is 1. The number of nitrogens with zero attached hydrogens (tertiary/aromatic N) is 1. The molecular formula is C7H9GeNOS3. The van der Waals surface area contributed by atoms with E-state index in [1.54, 1.807) is 22.3 Å². The molecule has 0 bridgehead atoms. The van der Waals surface area contributed by atoms with E-state index in [-0.39, 0.29) is 0 Å². The van der Waals surface area contributed by atoms with Gasteiger partial charge in [-0.3, -0.25) is 0 Å². The van der Waals surface area contributed by atoms with Crippen LogP contribution in [0.3, 0.4) is 0 Å². The van der Waals surface area contributed by atoms with Gasteiger partial charge in [0.15, 0.2) is 0 Å². The summed E-state index contributed by atoms with van der Waals surface area (Å²) in [5.41, 5.74) is 0. The third kappa shape index (κ3) is 4.83. The Morgan fingerprint density at radius 1 is 1.08 bits per heavy atom. The fourth-order valence-corrected chi connectivity index (χ4v) is 17.3. The van der Waals surface area contributed by atoms with Crippen molar-refractivity contribution in [1.29, 1.82) is 0 Å². The van der Waals surface area contributed by atoms with Gasteiger partial charge in [-0.05, 0) is 0 Å². The van der Waals surface area contributed by atoms with Crippen LogP contribution in [0.15, 0.2) is 39.9 Å². The van der Waals surface area contributed by atoms with Crippen LogP contribution in [-0.4, -0.2) is 16.1 Å². The summed E-state index contributed by atoms with van der Waals surface area (Å²) in [5.74, 6) is 0. The summed E-state index contributed by atoms with van der Waals surface area (Å²) in [6.45, 7) is 10.9. The molecule has 0 aromatic heterocycles. The molecule has 2 nitrogen and oxygen atoms in total. The van der Waals surface area contributed by atoms with E-state index in [4.69, 9.17) is 0 Å². The molecule has 6 heteroatoms. The molecule has 0 rings (SSSR count). The zero-order chi connectivity index (χ0) is 10.2. The fourth-order valence-electron chi connectivity index (χ4n) is 0.534. The molecule has 0 radical (unpaired) electrons. The second-order valence-corrected chi connectivity index (χ2v) is 23.6. The Morgan fingerprint density at radius 2 is 1.46 bits per heavy atom. The first-order chi connectivity index (χ1) is 6.24. The van der Waals surface area contributed by atoms with Gasteiger partial charge in [0.25, 0.3) is 0 Å². The molecule has 0 saturated heterocycles. The van der Waals surface area contributed by atoms with Crippen molar-refractivity contribution in [2.45, 2.75) is 0 Å². The Hall–Kier alpha value is 0.193. The topological polar surface area (TPSA) is 29.4 Å². The Kier molecular flexibility index (Phi) is 7.70. The molecule has 0 amide bonds. The normalized spacial score (nSPS) is 9.85. The van der Waals surface area contributed by atoms with E-state index >= 15 is 0 Å². The second kappa shape index (κ2) is 7.58. The van der Waals surface area contributed by atoms with Gasteiger partial charge in [0.05, 0.1) is 0 Å². The molecule has 0 aromatic carbocycles. The van der Waals surface area contributed by atoms with Gasteiger partial charge in [0.2, 0.25) is 0 Å². The second-order valence-electron chi connectivity index (χ2n) is 1.58. The minimum atomic E-state index is -2.72. The van der Waals surface area contributed by atoms with Crippen LogP contribution in [0, 0.1) is 0 Å². The summed E-state index contributed by atoms with van der Waals surface area (Å²) >= 11 is 0. The van der Waals surface area contributed by atoms with Crippen molar-refractivity contribution in [3.05, 3.63) is 36.0 Å². The van der Waals surface area contributed by atoms with Gasteiger partial charge in [-0.1, -0.05) is 0 Å². The van der Waals surface area contributed by atoms with Crippen LogP contribution in [0.2, 0.25) is 0 Å². The van der Waals surface area contributed by atoms with Crippen LogP contribution in [0.25, 0.3) is 0 Å². The summed E-state index contributed by atoms with van der Waals surface area (Å²) in [5, 5.41) is 5.11. The molecule has 0 N–H and O–H groups in total. The molecule has 0 heterocycles. The van der Waals surface area contributed by atoms with Gasteiger partial charge >= 0.3 is 91.1 Å². The van der Waals surface area contributed by atoms with E-state index < -0.39 is 10.1 Å². The van der Waals surface area contributed by atoms with E-state index in [9.17, 15) is 4.79 Å². The first-order valence-electron chi connectivity index (χ1n) is 3.20. The zero-order valence-electron chi connectivity index (χ0n) is 6.93. The average Bonchev–Trinajstić information content (AvgIpc) is 2.06. The zero-order valence-corrected chi connectivity index (χ0v) is 11.5. The van der Waals surface area contributed by atoms with Gasteiger partial charge < -0.3 is 0 Å². The van der Waals surface area contributed by atoms with Crippen LogP contribution in [0.4, 0.5) is 0 Å². The molecule has 0 aromatic rings. The van der Waals surface area contributed by atoms with Crippen LogP contribution < -0.4 is 0 Å². The first-order valence-corrected chi connectivity index (χ1v) is 14.5. The van der Waals surface area contributed by atoms with Crippen molar-refractivity contribution < 1.29 is 4.79 Å². The SMILES string of the molecule is C=C[S][Ge]([N]=C=O)([S]C=C)[S]C=C. The average molecular weight is 292 g/mol. The monoisotopic (exact) mass is 293 g/mol. The summed E-state index contributed by atoms with van der Waals surface area (Å²) in [6.07, 6.45) is 1.62. The molecule has 0 atom stereocenters. The molecule has 0 unspecified atom stereocenters. The molecule has 13 heavy (non-hydrogen) atoms. The Morgan fingerprint density at radius 3 is 1.69 bits per heavy atom. The van der Waals surface area contributed by atoms with Crippen molar-refractivity contribution in [3.63, 3.8) is 0 Å². The molecule has 0 spiro atoms. The van der Waals surface area contributed by atoms with Gasteiger partial charge in [0, 0.05) is 0 Å². The van der Waals surface area contributed by atoms with E-state index in [0.717, 1.165) is 0 Å². The molecule has 70 valence electrons. The number of rotatable bonds is 7. The summed E-state index contributed by atoms with van der Waals surface area (Å²) < 4.78 is 3.88. The van der Waals surface area contributed by atoms with E-state index in [2.05, 4.69) is 23.7 Å². The molecule has 0 fully saturated rings. The van der Waals surface area contributed by atoms with Crippen molar-refractivity contribution in [1.82, 2.24) is 0 Å². The summed E-state index contributed by atoms with van der Waals surface area (Å²) in [6, 6.07) is 0. The Balaban J connectivity index is 4.75. The van der Waals surface area contributed by atoms with Gasteiger partial charge in [-0.25, -0.2) is 0 Å². The van der Waals surface area contributed by atoms with Crippen molar-refractivity contribution in [3.8, 4) is 0 Å². The number of carbonyl (C=O) groups excluding carboxylic acids is 1. The third-order valence-electron chi connectivity index (χ3n) is 0.879. The molecular weight excluding hydrogens is 283 g/mol. The minimum absolute atomic E-state index is 1.50. The van der Waals surface area contributed by atoms with E-state index in [0.29, 0.717) is 0 Å². The van der Waals surface area contributed by atoms with E-state index in [1.807, 2.05) is 0 Å². The molecule has 0 aliphatic rings. The van der Waals surface area contributed by atoms with Crippen LogP contribution >= 0.6 is 30.3 Å². The molecule has 0 saturated carbocycles. The van der Waals surface area contributed by atoms with Gasteiger partial charge in [-0.2, -0.15) is 0 Å². The predicted octanol–water partition coefficient (Wildman–Crippen LogP) is 3.39. The Bertz CT molecular complexity index is 224. The number of hydrogen-bond donors (Lipinski definition) is 0. The summed E-state index contributed by atoms with van der Waals surface area (Å²) in [7, 11) is 1.79. The third-order valence-corrected chi connectivity index (χ3v) is 22.2. The fraction of sp³-hybridized carbons (Fsp3) is 0. The van der Waals surface area contributed by atoms with Crippen molar-refractivity contribution >= 4 is 46.4 Å². The van der Waals surface area contributed by atoms with Crippen LogP contribution in [0.1, 0.15) is 0 Å². The molecule has 0 aliphatic heterocycles. The molecule has 0 aliphatic carbocycles. The van der Waals surface area contributed by atoms with Crippen molar-refractivity contribution in [2.24, 2.45) is 3.95 Å². The quantitative estimate of drug-likeness (QED) is 0.408. The van der Waals surface area contributed by atoms with E-state index in [1.165, 1.54) is 30.3 Å². The Labute approximate surface area is 90.7 Å². The summed E-state index contributed by atoms with van der Waals surface area (Å²) in [4.78, 5) is 10.3. The van der Waals surface area contributed by atoms with Crippen LogP contribution in [-0.2, 0) is 4.79 Å². The number of hydrogen-bond acceptors (Lipinski definition) is 5.